The topological polar surface area (TPSA) is 105 Å². The van der Waals surface area contributed by atoms with E-state index in [1.807, 2.05) is 13.8 Å². The van der Waals surface area contributed by atoms with Crippen molar-refractivity contribution in [1.82, 2.24) is 0 Å². The first-order valence-corrected chi connectivity index (χ1v) is 8.97. The van der Waals surface area contributed by atoms with Crippen molar-refractivity contribution in [3.05, 3.63) is 70.8 Å². The molecule has 0 N–H and O–H groups in total. The molecule has 0 aromatic heterocycles. The average molecular weight is 414 g/mol. The molecule has 0 saturated carbocycles. The Hall–Kier alpha value is -3.68. The monoisotopic (exact) mass is 414 g/mol. The van der Waals surface area contributed by atoms with E-state index >= 15 is 0 Å². The van der Waals surface area contributed by atoms with E-state index in [0.29, 0.717) is 0 Å². The van der Waals surface area contributed by atoms with Crippen molar-refractivity contribution >= 4 is 23.9 Å². The van der Waals surface area contributed by atoms with Crippen molar-refractivity contribution < 1.29 is 38.1 Å². The lowest BCUT2D eigenvalue weighted by Crippen LogP contribution is -2.47. The molecular weight excluding hydrogens is 392 g/mol. The highest BCUT2D eigenvalue weighted by Crippen LogP contribution is 2.16. The first-order valence-electron chi connectivity index (χ1n) is 8.97. The van der Waals surface area contributed by atoms with Gasteiger partial charge in [-0.25, -0.2) is 19.2 Å². The fraction of sp³-hybridized carbons (Fsp3) is 0.273. The zero-order valence-corrected chi connectivity index (χ0v) is 17.0. The van der Waals surface area contributed by atoms with Gasteiger partial charge in [0.15, 0.2) is 0 Å². The molecule has 2 atom stereocenters. The summed E-state index contributed by atoms with van der Waals surface area (Å²) in [6.45, 7) is 3.67. The zero-order valence-electron chi connectivity index (χ0n) is 17.0. The van der Waals surface area contributed by atoms with Crippen LogP contribution in [-0.4, -0.2) is 50.3 Å². The molecule has 0 aliphatic carbocycles. The van der Waals surface area contributed by atoms with Crippen LogP contribution in [0.4, 0.5) is 0 Å². The van der Waals surface area contributed by atoms with Gasteiger partial charge in [0.05, 0.1) is 25.3 Å². The van der Waals surface area contributed by atoms with E-state index in [9.17, 15) is 19.2 Å². The Kier molecular flexibility index (Phi) is 7.69. The second kappa shape index (κ2) is 10.2. The van der Waals surface area contributed by atoms with Gasteiger partial charge in [-0.05, 0) is 38.1 Å². The van der Waals surface area contributed by atoms with E-state index in [1.54, 1.807) is 24.3 Å². The average Bonchev–Trinajstić information content (AvgIpc) is 2.75. The molecule has 8 nitrogen and oxygen atoms in total. The number of esters is 4. The van der Waals surface area contributed by atoms with Crippen LogP contribution in [-0.2, 0) is 28.5 Å². The summed E-state index contributed by atoms with van der Waals surface area (Å²) in [7, 11) is 2.09. The maximum absolute atomic E-state index is 12.5. The molecule has 0 amide bonds. The van der Waals surface area contributed by atoms with Crippen LogP contribution in [0.25, 0.3) is 0 Å². The van der Waals surface area contributed by atoms with Gasteiger partial charge in [-0.15, -0.1) is 0 Å². The number of benzene rings is 2. The summed E-state index contributed by atoms with van der Waals surface area (Å²) in [5.41, 5.74) is 2.11. The van der Waals surface area contributed by atoms with Crippen molar-refractivity contribution in [2.24, 2.45) is 0 Å². The molecule has 0 radical (unpaired) electrons. The lowest BCUT2D eigenvalue weighted by Gasteiger charge is -2.23. The Bertz CT molecular complexity index is 838. The summed E-state index contributed by atoms with van der Waals surface area (Å²) in [4.78, 5) is 49.5. The molecule has 158 valence electrons. The standard InChI is InChI=1S/C22H22O8/c1-13-5-9-15(10-6-13)19(23)29-17(21(25)27-3)18(22(26)28-4)30-20(24)16-11-7-14(2)8-12-16/h5-12,17-18H,1-4H3. The van der Waals surface area contributed by atoms with Crippen LogP contribution in [0.3, 0.4) is 0 Å². The van der Waals surface area contributed by atoms with Gasteiger partial charge in [0, 0.05) is 0 Å². The van der Waals surface area contributed by atoms with Gasteiger partial charge in [-0.3, -0.25) is 0 Å². The number of methoxy groups -OCH3 is 2. The first kappa shape index (κ1) is 22.6. The van der Waals surface area contributed by atoms with Gasteiger partial charge in [0.1, 0.15) is 0 Å². The lowest BCUT2D eigenvalue weighted by molar-refractivity contribution is -0.170. The van der Waals surface area contributed by atoms with Crippen molar-refractivity contribution in [2.75, 3.05) is 14.2 Å². The summed E-state index contributed by atoms with van der Waals surface area (Å²) >= 11 is 0. The molecule has 8 heteroatoms. The molecule has 0 heterocycles. The minimum atomic E-state index is -1.86. The molecule has 30 heavy (non-hydrogen) atoms. The van der Waals surface area contributed by atoms with E-state index in [4.69, 9.17) is 9.47 Å². The molecule has 0 aliphatic heterocycles. The highest BCUT2D eigenvalue weighted by molar-refractivity contribution is 5.96. The molecule has 0 bridgehead atoms. The molecule has 0 saturated heterocycles. The summed E-state index contributed by atoms with van der Waals surface area (Å²) in [5, 5.41) is 0. The van der Waals surface area contributed by atoms with Crippen molar-refractivity contribution in [1.29, 1.82) is 0 Å². The van der Waals surface area contributed by atoms with Gasteiger partial charge in [-0.2, -0.15) is 0 Å². The predicted octanol–water partition coefficient (Wildman–Crippen LogP) is 2.40. The van der Waals surface area contributed by atoms with Gasteiger partial charge in [0.25, 0.3) is 0 Å². The number of aryl methyl sites for hydroxylation is 2. The Balaban J connectivity index is 2.30. The van der Waals surface area contributed by atoms with E-state index in [-0.39, 0.29) is 11.1 Å². The summed E-state index contributed by atoms with van der Waals surface area (Å²) < 4.78 is 19.6. The van der Waals surface area contributed by atoms with Crippen LogP contribution in [0.15, 0.2) is 48.5 Å². The third kappa shape index (κ3) is 5.66. The van der Waals surface area contributed by atoms with Crippen molar-refractivity contribution in [3.8, 4) is 0 Å². The van der Waals surface area contributed by atoms with Crippen LogP contribution in [0, 0.1) is 13.8 Å². The van der Waals surface area contributed by atoms with Crippen LogP contribution < -0.4 is 0 Å². The summed E-state index contributed by atoms with van der Waals surface area (Å²) in [6.07, 6.45) is -3.71. The maximum atomic E-state index is 12.5. The molecule has 0 fully saturated rings. The van der Waals surface area contributed by atoms with E-state index in [0.717, 1.165) is 25.3 Å². The number of hydrogen-bond donors (Lipinski definition) is 0. The fourth-order valence-electron chi connectivity index (χ4n) is 2.45. The largest absolute Gasteiger partial charge is 0.466 e. The van der Waals surface area contributed by atoms with E-state index in [2.05, 4.69) is 9.47 Å². The number of hydrogen-bond acceptors (Lipinski definition) is 8. The summed E-state index contributed by atoms with van der Waals surface area (Å²) in [5.74, 6) is -3.96. The van der Waals surface area contributed by atoms with E-state index in [1.165, 1.54) is 24.3 Å². The highest BCUT2D eigenvalue weighted by Gasteiger charge is 2.42. The van der Waals surface area contributed by atoms with Crippen LogP contribution in [0.1, 0.15) is 31.8 Å². The van der Waals surface area contributed by atoms with Gasteiger partial charge in [0.2, 0.25) is 12.2 Å². The smallest absolute Gasteiger partial charge is 0.351 e. The molecular formula is C22H22O8. The Labute approximate surface area is 173 Å². The van der Waals surface area contributed by atoms with Crippen molar-refractivity contribution in [3.63, 3.8) is 0 Å². The molecule has 0 aliphatic rings. The van der Waals surface area contributed by atoms with Crippen molar-refractivity contribution in [2.45, 2.75) is 26.1 Å². The third-order valence-corrected chi connectivity index (χ3v) is 4.18. The molecule has 2 aromatic carbocycles. The molecule has 2 aromatic rings. The number of ether oxygens (including phenoxy) is 4. The second-order valence-corrected chi connectivity index (χ2v) is 6.43. The Morgan fingerprint density at radius 1 is 0.600 bits per heavy atom. The van der Waals surface area contributed by atoms with Gasteiger partial charge < -0.3 is 18.9 Å². The third-order valence-electron chi connectivity index (χ3n) is 4.18. The minimum Gasteiger partial charge on any atom is -0.466 e. The highest BCUT2D eigenvalue weighted by atomic mass is 16.6. The summed E-state index contributed by atoms with van der Waals surface area (Å²) in [6, 6.07) is 12.7. The quantitative estimate of drug-likeness (QED) is 0.502. The number of carbonyl (C=O) groups excluding carboxylic acids is 4. The minimum absolute atomic E-state index is 0.142. The number of carbonyl (C=O) groups is 4. The SMILES string of the molecule is COC(=O)C(OC(=O)c1ccc(C)cc1)C(OC(=O)c1ccc(C)cc1)C(=O)OC. The Morgan fingerprint density at radius 3 is 1.17 bits per heavy atom. The Morgan fingerprint density at radius 2 is 0.900 bits per heavy atom. The molecule has 2 rings (SSSR count). The zero-order chi connectivity index (χ0) is 22.3. The predicted molar refractivity (Wildman–Crippen MR) is 105 cm³/mol. The van der Waals surface area contributed by atoms with Crippen LogP contribution >= 0.6 is 0 Å². The molecule has 2 unspecified atom stereocenters. The normalized spacial score (nSPS) is 12.3. The van der Waals surface area contributed by atoms with Gasteiger partial charge in [-0.1, -0.05) is 35.4 Å². The second-order valence-electron chi connectivity index (χ2n) is 6.43. The molecule has 0 spiro atoms. The van der Waals surface area contributed by atoms with E-state index < -0.39 is 36.1 Å². The maximum Gasteiger partial charge on any atom is 0.351 e. The van der Waals surface area contributed by atoms with Crippen LogP contribution in [0.2, 0.25) is 0 Å². The van der Waals surface area contributed by atoms with Gasteiger partial charge >= 0.3 is 23.9 Å². The lowest BCUT2D eigenvalue weighted by atomic mass is 10.1. The fourth-order valence-corrected chi connectivity index (χ4v) is 2.45. The number of rotatable bonds is 7. The van der Waals surface area contributed by atoms with Crippen LogP contribution in [0.5, 0.6) is 0 Å². The first-order chi connectivity index (χ1) is 14.3.